The molecule has 7 nitrogen and oxygen atoms in total. The van der Waals surface area contributed by atoms with Gasteiger partial charge in [-0.05, 0) is 92.6 Å². The number of hydrogen-bond donors (Lipinski definition) is 2. The van der Waals surface area contributed by atoms with Gasteiger partial charge in [0.2, 0.25) is 0 Å². The van der Waals surface area contributed by atoms with E-state index in [0.29, 0.717) is 24.3 Å². The van der Waals surface area contributed by atoms with Crippen molar-refractivity contribution in [3.05, 3.63) is 35.4 Å². The fraction of sp³-hybridized carbons (Fsp3) is 0.719. The van der Waals surface area contributed by atoms with E-state index in [9.17, 15) is 24.6 Å². The molecule has 0 unspecified atom stereocenters. The molecule has 0 saturated heterocycles. The van der Waals surface area contributed by atoms with Crippen molar-refractivity contribution in [2.24, 2.45) is 34.5 Å². The second-order valence-electron chi connectivity index (χ2n) is 13.2. The van der Waals surface area contributed by atoms with Crippen LogP contribution in [0.3, 0.4) is 0 Å². The van der Waals surface area contributed by atoms with Crippen molar-refractivity contribution in [2.75, 3.05) is 6.61 Å². The Labute approximate surface area is 231 Å². The lowest BCUT2D eigenvalue weighted by Gasteiger charge is -2.60. The first-order chi connectivity index (χ1) is 18.6. The first-order valence-corrected chi connectivity index (χ1v) is 14.9. The number of fused-ring (bicyclic) bond motifs is 5. The maximum absolute atomic E-state index is 14.0. The van der Waals surface area contributed by atoms with Crippen molar-refractivity contribution >= 4 is 17.5 Å². The number of rotatable bonds is 8. The van der Waals surface area contributed by atoms with E-state index >= 15 is 0 Å². The predicted octanol–water partition coefficient (Wildman–Crippen LogP) is 5.00. The Hall–Kier alpha value is -2.09. The standard InChI is InChI=1S/C32H44O7/c1-4-5-8-20-9-6-7-10-23(20)29(37)38-39-32(27(36)19-33)16-14-25-24-12-11-21-17-22(34)13-15-30(21,2)28(24)26(35)18-31(25,32)3/h6-7,9-10,21-22,24-25,28,33-34H,4-5,8,11-19H2,1-3H3/t21-,22-,24+,25+,28-,30+,31+,32+/m1/s1. The fourth-order valence-electron chi connectivity index (χ4n) is 9.27. The van der Waals surface area contributed by atoms with Crippen LogP contribution in [-0.4, -0.2) is 46.1 Å². The van der Waals surface area contributed by atoms with E-state index in [4.69, 9.17) is 9.78 Å². The molecule has 1 aromatic rings. The number of aryl methyl sites for hydroxylation is 1. The van der Waals surface area contributed by atoms with Gasteiger partial charge in [0.1, 0.15) is 12.4 Å². The summed E-state index contributed by atoms with van der Waals surface area (Å²) in [5, 5.41) is 20.3. The predicted molar refractivity (Wildman–Crippen MR) is 145 cm³/mol. The molecule has 0 radical (unpaired) electrons. The zero-order valence-electron chi connectivity index (χ0n) is 23.6. The first kappa shape index (κ1) is 28.4. The maximum Gasteiger partial charge on any atom is 0.373 e. The monoisotopic (exact) mass is 540 g/mol. The summed E-state index contributed by atoms with van der Waals surface area (Å²) in [4.78, 5) is 52.0. The van der Waals surface area contributed by atoms with E-state index in [-0.39, 0.29) is 41.5 Å². The molecule has 0 amide bonds. The Bertz CT molecular complexity index is 1120. The summed E-state index contributed by atoms with van der Waals surface area (Å²) < 4.78 is 0. The van der Waals surface area contributed by atoms with E-state index in [1.165, 1.54) is 0 Å². The first-order valence-electron chi connectivity index (χ1n) is 14.9. The van der Waals surface area contributed by atoms with Crippen molar-refractivity contribution in [3.63, 3.8) is 0 Å². The fourth-order valence-corrected chi connectivity index (χ4v) is 9.27. The van der Waals surface area contributed by atoms with Crippen molar-refractivity contribution in [1.82, 2.24) is 0 Å². The summed E-state index contributed by atoms with van der Waals surface area (Å²) in [6.07, 6.45) is 7.62. The second kappa shape index (κ2) is 10.7. The molecule has 4 aliphatic rings. The van der Waals surface area contributed by atoms with E-state index in [2.05, 4.69) is 13.8 Å². The van der Waals surface area contributed by atoms with Crippen molar-refractivity contribution in [1.29, 1.82) is 0 Å². The van der Waals surface area contributed by atoms with Crippen LogP contribution in [0.4, 0.5) is 0 Å². The van der Waals surface area contributed by atoms with Gasteiger partial charge in [-0.2, -0.15) is 4.89 Å². The Morgan fingerprint density at radius 1 is 1.08 bits per heavy atom. The topological polar surface area (TPSA) is 110 Å². The quantitative estimate of drug-likeness (QED) is 0.353. The van der Waals surface area contributed by atoms with Crippen LogP contribution < -0.4 is 0 Å². The van der Waals surface area contributed by atoms with E-state index in [1.54, 1.807) is 12.1 Å². The largest absolute Gasteiger partial charge is 0.393 e. The zero-order valence-corrected chi connectivity index (χ0v) is 23.6. The van der Waals surface area contributed by atoms with Gasteiger partial charge in [0.15, 0.2) is 11.4 Å². The molecule has 4 aliphatic carbocycles. The van der Waals surface area contributed by atoms with Gasteiger partial charge in [-0.1, -0.05) is 45.4 Å². The van der Waals surface area contributed by atoms with Crippen LogP contribution in [0.25, 0.3) is 0 Å². The number of unbranched alkanes of at least 4 members (excludes halogenated alkanes) is 1. The Kier molecular flexibility index (Phi) is 7.81. The van der Waals surface area contributed by atoms with Crippen LogP contribution in [0, 0.1) is 34.5 Å². The van der Waals surface area contributed by atoms with Gasteiger partial charge in [-0.25, -0.2) is 4.79 Å². The number of carbonyl (C=O) groups is 3. The molecule has 214 valence electrons. The molecule has 2 N–H and O–H groups in total. The minimum absolute atomic E-state index is 0.0378. The van der Waals surface area contributed by atoms with Crippen LogP contribution in [-0.2, 0) is 25.8 Å². The minimum Gasteiger partial charge on any atom is -0.393 e. The lowest BCUT2D eigenvalue weighted by molar-refractivity contribution is -0.332. The van der Waals surface area contributed by atoms with E-state index in [0.717, 1.165) is 56.9 Å². The Morgan fingerprint density at radius 3 is 2.59 bits per heavy atom. The molecular formula is C32H44O7. The molecule has 0 aromatic heterocycles. The van der Waals surface area contributed by atoms with E-state index in [1.807, 2.05) is 19.1 Å². The minimum atomic E-state index is -1.57. The number of hydrogen-bond acceptors (Lipinski definition) is 7. The number of benzene rings is 1. The highest BCUT2D eigenvalue weighted by Crippen LogP contribution is 2.68. The lowest BCUT2D eigenvalue weighted by Crippen LogP contribution is -2.63. The molecule has 8 atom stereocenters. The molecule has 4 saturated carbocycles. The van der Waals surface area contributed by atoms with Crippen LogP contribution in [0.1, 0.15) is 101 Å². The van der Waals surface area contributed by atoms with Crippen molar-refractivity contribution in [3.8, 4) is 0 Å². The van der Waals surface area contributed by atoms with Crippen LogP contribution in [0.5, 0.6) is 0 Å². The summed E-state index contributed by atoms with van der Waals surface area (Å²) in [5.74, 6) is -0.690. The van der Waals surface area contributed by atoms with Crippen LogP contribution in [0.2, 0.25) is 0 Å². The SMILES string of the molecule is CCCCc1ccccc1C(=O)OO[C@]1(C(=O)CO)CC[C@H]2[C@@H]3CC[C@@H]4C[C@H](O)CC[C@]4(C)[C@H]3C(=O)C[C@@]21C. The van der Waals surface area contributed by atoms with Crippen molar-refractivity contribution < 1.29 is 34.4 Å². The lowest BCUT2D eigenvalue weighted by atomic mass is 9.44. The molecule has 7 heteroatoms. The van der Waals surface area contributed by atoms with Gasteiger partial charge in [-0.3, -0.25) is 14.5 Å². The molecule has 39 heavy (non-hydrogen) atoms. The summed E-state index contributed by atoms with van der Waals surface area (Å²) in [5.41, 5.74) is -1.33. The smallest absolute Gasteiger partial charge is 0.373 e. The third-order valence-corrected chi connectivity index (χ3v) is 11.3. The molecular weight excluding hydrogens is 496 g/mol. The van der Waals surface area contributed by atoms with Crippen LogP contribution >= 0.6 is 0 Å². The molecule has 0 spiro atoms. The second-order valence-corrected chi connectivity index (χ2v) is 13.2. The number of Topliss-reactive ketones (excluding diaryl/α,β-unsaturated/α-hetero) is 2. The van der Waals surface area contributed by atoms with Gasteiger partial charge < -0.3 is 10.2 Å². The normalized spacial score (nSPS) is 39.4. The molecule has 5 rings (SSSR count). The number of carbonyl (C=O) groups excluding carboxylic acids is 3. The summed E-state index contributed by atoms with van der Waals surface area (Å²) in [7, 11) is 0. The Morgan fingerprint density at radius 2 is 1.85 bits per heavy atom. The van der Waals surface area contributed by atoms with Gasteiger partial charge in [-0.15, -0.1) is 0 Å². The van der Waals surface area contributed by atoms with E-state index < -0.39 is 29.4 Å². The molecule has 0 bridgehead atoms. The highest BCUT2D eigenvalue weighted by Gasteiger charge is 2.71. The summed E-state index contributed by atoms with van der Waals surface area (Å²) in [6.45, 7) is 5.50. The average molecular weight is 541 g/mol. The molecule has 0 heterocycles. The van der Waals surface area contributed by atoms with Crippen molar-refractivity contribution in [2.45, 2.75) is 103 Å². The number of aliphatic hydroxyl groups excluding tert-OH is 2. The summed E-state index contributed by atoms with van der Waals surface area (Å²) >= 11 is 0. The van der Waals surface area contributed by atoms with Crippen LogP contribution in [0.15, 0.2) is 24.3 Å². The van der Waals surface area contributed by atoms with Gasteiger partial charge in [0.05, 0.1) is 11.7 Å². The highest BCUT2D eigenvalue weighted by molar-refractivity contribution is 5.93. The highest BCUT2D eigenvalue weighted by atomic mass is 17.2. The third kappa shape index (κ3) is 4.49. The van der Waals surface area contributed by atoms with Gasteiger partial charge >= 0.3 is 5.97 Å². The van der Waals surface area contributed by atoms with Gasteiger partial charge in [0.25, 0.3) is 0 Å². The average Bonchev–Trinajstić information content (AvgIpc) is 3.22. The van der Waals surface area contributed by atoms with Gasteiger partial charge in [0, 0.05) is 17.8 Å². The number of ketones is 2. The molecule has 4 fully saturated rings. The Balaban J connectivity index is 1.42. The third-order valence-electron chi connectivity index (χ3n) is 11.3. The summed E-state index contributed by atoms with van der Waals surface area (Å²) in [6, 6.07) is 7.25. The molecule has 0 aliphatic heterocycles. The maximum atomic E-state index is 14.0. The molecule has 1 aromatic carbocycles. The zero-order chi connectivity index (χ0) is 28.0. The number of aliphatic hydroxyl groups is 2.